The Morgan fingerprint density at radius 3 is 2.50 bits per heavy atom. The molecule has 0 aliphatic heterocycles. The Balaban J connectivity index is 1.74. The first kappa shape index (κ1) is 26.9. The van der Waals surface area contributed by atoms with Crippen molar-refractivity contribution in [2.75, 3.05) is 5.75 Å². The molecule has 3 rings (SSSR count). The summed E-state index contributed by atoms with van der Waals surface area (Å²) in [5.74, 6) is 0.915. The van der Waals surface area contributed by atoms with E-state index < -0.39 is 6.04 Å². The third kappa shape index (κ3) is 7.66. The van der Waals surface area contributed by atoms with Crippen LogP contribution >= 0.6 is 35.0 Å². The lowest BCUT2D eigenvalue weighted by Crippen LogP contribution is -2.52. The van der Waals surface area contributed by atoms with Crippen LogP contribution in [0.3, 0.4) is 0 Å². The van der Waals surface area contributed by atoms with Crippen LogP contribution in [-0.4, -0.2) is 34.6 Å². The smallest absolute Gasteiger partial charge is 0.243 e. The van der Waals surface area contributed by atoms with E-state index >= 15 is 0 Å². The molecular weight excluding hydrogens is 487 g/mol. The largest absolute Gasteiger partial charge is 0.352 e. The lowest BCUT2D eigenvalue weighted by atomic mass is 9.95. The van der Waals surface area contributed by atoms with Gasteiger partial charge in [0, 0.05) is 28.4 Å². The van der Waals surface area contributed by atoms with E-state index in [-0.39, 0.29) is 24.4 Å². The molecule has 1 aliphatic rings. The molecule has 1 atom stereocenters. The number of hydrogen-bond acceptors (Lipinski definition) is 3. The summed E-state index contributed by atoms with van der Waals surface area (Å²) in [6, 6.07) is 13.1. The molecule has 0 saturated heterocycles. The van der Waals surface area contributed by atoms with Crippen LogP contribution in [0.5, 0.6) is 0 Å². The van der Waals surface area contributed by atoms with Crippen molar-refractivity contribution in [3.8, 4) is 0 Å². The number of halogens is 2. The normalized spacial score (nSPS) is 15.1. The number of rotatable bonds is 10. The van der Waals surface area contributed by atoms with Crippen LogP contribution in [0, 0.1) is 6.92 Å². The van der Waals surface area contributed by atoms with Crippen LogP contribution in [0.1, 0.15) is 62.1 Å². The molecule has 0 bridgehead atoms. The Hall–Kier alpha value is -1.69. The molecule has 7 heteroatoms. The zero-order valence-electron chi connectivity index (χ0n) is 20.0. The summed E-state index contributed by atoms with van der Waals surface area (Å²) >= 11 is 14.1. The van der Waals surface area contributed by atoms with Crippen molar-refractivity contribution in [1.82, 2.24) is 10.2 Å². The quantitative estimate of drug-likeness (QED) is 0.375. The van der Waals surface area contributed by atoms with Gasteiger partial charge < -0.3 is 10.2 Å². The average Bonchev–Trinajstić information content (AvgIpc) is 2.82. The van der Waals surface area contributed by atoms with Crippen molar-refractivity contribution in [3.05, 3.63) is 69.2 Å². The minimum absolute atomic E-state index is 0.0600. The number of benzene rings is 2. The maximum Gasteiger partial charge on any atom is 0.243 e. The summed E-state index contributed by atoms with van der Waals surface area (Å²) in [5.41, 5.74) is 3.22. The minimum atomic E-state index is -0.541. The molecule has 1 saturated carbocycles. The molecule has 0 spiro atoms. The van der Waals surface area contributed by atoms with Gasteiger partial charge in [-0.3, -0.25) is 9.59 Å². The fourth-order valence-electron chi connectivity index (χ4n) is 4.40. The molecule has 1 aliphatic carbocycles. The lowest BCUT2D eigenvalue weighted by Gasteiger charge is -2.33. The second kappa shape index (κ2) is 13.4. The van der Waals surface area contributed by atoms with Gasteiger partial charge in [0.1, 0.15) is 6.04 Å². The number of carbonyl (C=O) groups excluding carboxylic acids is 2. The van der Waals surface area contributed by atoms with Gasteiger partial charge in [-0.1, -0.05) is 79.7 Å². The third-order valence-electron chi connectivity index (χ3n) is 6.44. The SMILES string of the molecule is CC[C@H](C(=O)NC1CCCCC1)N(Cc1ccc(Cl)cc1Cl)C(=O)CSCc1ccccc1C. The van der Waals surface area contributed by atoms with Crippen LogP contribution in [-0.2, 0) is 21.9 Å². The van der Waals surface area contributed by atoms with Crippen molar-refractivity contribution in [1.29, 1.82) is 0 Å². The molecule has 1 fully saturated rings. The number of hydrogen-bond donors (Lipinski definition) is 1. The molecule has 0 heterocycles. The zero-order chi connectivity index (χ0) is 24.5. The minimum Gasteiger partial charge on any atom is -0.352 e. The van der Waals surface area contributed by atoms with E-state index in [2.05, 4.69) is 24.4 Å². The van der Waals surface area contributed by atoms with Crippen molar-refractivity contribution in [3.63, 3.8) is 0 Å². The first-order chi connectivity index (χ1) is 16.4. The summed E-state index contributed by atoms with van der Waals surface area (Å²) in [4.78, 5) is 28.4. The summed E-state index contributed by atoms with van der Waals surface area (Å²) < 4.78 is 0. The Morgan fingerprint density at radius 2 is 1.82 bits per heavy atom. The molecular formula is C27H34Cl2N2O2S. The molecule has 4 nitrogen and oxygen atoms in total. The predicted molar refractivity (Wildman–Crippen MR) is 143 cm³/mol. The van der Waals surface area contributed by atoms with Crippen LogP contribution in [0.4, 0.5) is 0 Å². The van der Waals surface area contributed by atoms with Gasteiger partial charge in [0.15, 0.2) is 0 Å². The number of aryl methyl sites for hydroxylation is 1. The van der Waals surface area contributed by atoms with E-state index in [1.165, 1.54) is 17.5 Å². The molecule has 0 unspecified atom stereocenters. The van der Waals surface area contributed by atoms with E-state index in [9.17, 15) is 9.59 Å². The highest BCUT2D eigenvalue weighted by Gasteiger charge is 2.30. The third-order valence-corrected chi connectivity index (χ3v) is 7.99. The monoisotopic (exact) mass is 520 g/mol. The molecule has 34 heavy (non-hydrogen) atoms. The van der Waals surface area contributed by atoms with Crippen LogP contribution in [0.15, 0.2) is 42.5 Å². The molecule has 2 amide bonds. The predicted octanol–water partition coefficient (Wildman–Crippen LogP) is 6.79. The van der Waals surface area contributed by atoms with Gasteiger partial charge in [-0.05, 0) is 55.0 Å². The van der Waals surface area contributed by atoms with Crippen LogP contribution in [0.2, 0.25) is 10.0 Å². The van der Waals surface area contributed by atoms with Gasteiger partial charge in [0.05, 0.1) is 5.75 Å². The first-order valence-electron chi connectivity index (χ1n) is 12.0. The summed E-state index contributed by atoms with van der Waals surface area (Å²) in [7, 11) is 0. The molecule has 1 N–H and O–H groups in total. The fourth-order valence-corrected chi connectivity index (χ4v) is 5.86. The molecule has 184 valence electrons. The van der Waals surface area contributed by atoms with E-state index in [1.54, 1.807) is 28.8 Å². The second-order valence-electron chi connectivity index (χ2n) is 8.94. The molecule has 2 aromatic carbocycles. The first-order valence-corrected chi connectivity index (χ1v) is 14.0. The summed E-state index contributed by atoms with van der Waals surface area (Å²) in [6.45, 7) is 4.31. The van der Waals surface area contributed by atoms with Crippen LogP contribution in [0.25, 0.3) is 0 Å². The van der Waals surface area contributed by atoms with Gasteiger partial charge in [-0.2, -0.15) is 0 Å². The van der Waals surface area contributed by atoms with Crippen molar-refractivity contribution in [2.24, 2.45) is 0 Å². The highest BCUT2D eigenvalue weighted by atomic mass is 35.5. The fraction of sp³-hybridized carbons (Fsp3) is 0.481. The number of nitrogens with one attached hydrogen (secondary N) is 1. The van der Waals surface area contributed by atoms with Crippen molar-refractivity contribution < 1.29 is 9.59 Å². The van der Waals surface area contributed by atoms with Crippen molar-refractivity contribution in [2.45, 2.75) is 76.8 Å². The summed E-state index contributed by atoms with van der Waals surface area (Å²) in [5, 5.41) is 4.25. The van der Waals surface area contributed by atoms with Gasteiger partial charge in [0.2, 0.25) is 11.8 Å². The van der Waals surface area contributed by atoms with Crippen LogP contribution < -0.4 is 5.32 Å². The Morgan fingerprint density at radius 1 is 1.09 bits per heavy atom. The molecule has 0 radical (unpaired) electrons. The van der Waals surface area contributed by atoms with Gasteiger partial charge >= 0.3 is 0 Å². The Labute approximate surface area is 217 Å². The van der Waals surface area contributed by atoms with Gasteiger partial charge in [-0.25, -0.2) is 0 Å². The number of nitrogens with zero attached hydrogens (tertiary/aromatic N) is 1. The number of amides is 2. The van der Waals surface area contributed by atoms with E-state index in [4.69, 9.17) is 23.2 Å². The molecule has 2 aromatic rings. The Bertz CT molecular complexity index is 979. The van der Waals surface area contributed by atoms with Crippen molar-refractivity contribution >= 4 is 46.8 Å². The number of carbonyl (C=O) groups is 2. The standard InChI is InChI=1S/C27H34Cl2N2O2S/c1-3-25(27(33)30-23-11-5-4-6-12-23)31(16-20-13-14-22(28)15-24(20)29)26(32)18-34-17-21-10-8-7-9-19(21)2/h7-10,13-15,23,25H,3-6,11-12,16-18H2,1-2H3,(H,30,33)/t25-/m1/s1. The maximum absolute atomic E-state index is 13.5. The highest BCUT2D eigenvalue weighted by molar-refractivity contribution is 7.99. The molecule has 0 aromatic heterocycles. The topological polar surface area (TPSA) is 49.4 Å². The van der Waals surface area contributed by atoms with E-state index in [1.807, 2.05) is 25.1 Å². The summed E-state index contributed by atoms with van der Waals surface area (Å²) in [6.07, 6.45) is 6.05. The van der Waals surface area contributed by atoms with E-state index in [0.29, 0.717) is 22.2 Å². The second-order valence-corrected chi connectivity index (χ2v) is 10.8. The lowest BCUT2D eigenvalue weighted by molar-refractivity contribution is -0.139. The van der Waals surface area contributed by atoms with Gasteiger partial charge in [0.25, 0.3) is 0 Å². The zero-order valence-corrected chi connectivity index (χ0v) is 22.3. The van der Waals surface area contributed by atoms with E-state index in [0.717, 1.165) is 37.0 Å². The Kier molecular flexibility index (Phi) is 10.6. The maximum atomic E-state index is 13.5. The highest BCUT2D eigenvalue weighted by Crippen LogP contribution is 2.25. The number of thioether (sulfide) groups is 1. The van der Waals surface area contributed by atoms with Gasteiger partial charge in [-0.15, -0.1) is 11.8 Å². The average molecular weight is 522 g/mol.